The number of nitrogen functional groups attached to an aromatic ring is 1. The molecule has 0 saturated carbocycles. The molecule has 4 rings (SSSR count). The minimum absolute atomic E-state index is 0.0460. The first-order valence-electron chi connectivity index (χ1n) is 10.4. The number of rotatable bonds is 7. The third-order valence-electron chi connectivity index (χ3n) is 5.28. The van der Waals surface area contributed by atoms with E-state index in [-0.39, 0.29) is 30.1 Å². The topological polar surface area (TPSA) is 122 Å². The van der Waals surface area contributed by atoms with E-state index in [2.05, 4.69) is 30.1 Å². The summed E-state index contributed by atoms with van der Waals surface area (Å²) < 4.78 is 47.3. The van der Waals surface area contributed by atoms with E-state index >= 15 is 0 Å². The van der Waals surface area contributed by atoms with E-state index in [4.69, 9.17) is 10.5 Å². The maximum atomic E-state index is 14.8. The lowest BCUT2D eigenvalue weighted by molar-refractivity contribution is 0.177. The summed E-state index contributed by atoms with van der Waals surface area (Å²) in [5.41, 5.74) is 6.63. The van der Waals surface area contributed by atoms with Gasteiger partial charge < -0.3 is 15.4 Å². The second-order valence-electron chi connectivity index (χ2n) is 7.73. The van der Waals surface area contributed by atoms with Gasteiger partial charge in [-0.1, -0.05) is 0 Å². The molecule has 1 fully saturated rings. The lowest BCUT2D eigenvalue weighted by Gasteiger charge is -2.32. The van der Waals surface area contributed by atoms with Crippen molar-refractivity contribution in [3.8, 4) is 0 Å². The van der Waals surface area contributed by atoms with E-state index in [1.807, 2.05) is 4.90 Å². The van der Waals surface area contributed by atoms with Crippen molar-refractivity contribution in [3.63, 3.8) is 0 Å². The highest BCUT2D eigenvalue weighted by Gasteiger charge is 2.32. The summed E-state index contributed by atoms with van der Waals surface area (Å²) >= 11 is 0. The number of halogens is 3. The molecule has 0 radical (unpaired) electrons. The SMILES string of the molecule is COCC(c1ncc(F)cc1F)N(c1cc(C)[nH]n1)c1nc(N)nc(N2CCC(F)CC2)n1. The zero-order chi connectivity index (χ0) is 23.5. The van der Waals surface area contributed by atoms with E-state index in [1.165, 1.54) is 12.0 Å². The summed E-state index contributed by atoms with van der Waals surface area (Å²) in [6.45, 7) is 2.59. The van der Waals surface area contributed by atoms with Crippen molar-refractivity contribution in [2.45, 2.75) is 32.0 Å². The number of piperidine rings is 1. The molecule has 3 aromatic rings. The Morgan fingerprint density at radius 1 is 1.24 bits per heavy atom. The first-order valence-corrected chi connectivity index (χ1v) is 10.4. The number of hydrogen-bond donors (Lipinski definition) is 2. The van der Waals surface area contributed by atoms with E-state index in [0.717, 1.165) is 18.0 Å². The predicted octanol–water partition coefficient (Wildman–Crippen LogP) is 2.62. The van der Waals surface area contributed by atoms with Gasteiger partial charge >= 0.3 is 0 Å². The molecule has 3 N–H and O–H groups in total. The van der Waals surface area contributed by atoms with Crippen molar-refractivity contribution >= 4 is 23.7 Å². The second-order valence-corrected chi connectivity index (χ2v) is 7.73. The van der Waals surface area contributed by atoms with Crippen molar-refractivity contribution in [1.29, 1.82) is 0 Å². The molecule has 1 aliphatic heterocycles. The maximum absolute atomic E-state index is 14.8. The van der Waals surface area contributed by atoms with E-state index < -0.39 is 23.8 Å². The molecule has 0 aliphatic carbocycles. The monoisotopic (exact) mass is 463 g/mol. The summed E-state index contributed by atoms with van der Waals surface area (Å²) in [7, 11) is 1.44. The Labute approximate surface area is 188 Å². The van der Waals surface area contributed by atoms with Gasteiger partial charge in [0.05, 0.1) is 12.8 Å². The van der Waals surface area contributed by atoms with Crippen LogP contribution in [0.1, 0.15) is 30.3 Å². The third kappa shape index (κ3) is 4.97. The molecule has 0 spiro atoms. The van der Waals surface area contributed by atoms with Crippen LogP contribution in [0.5, 0.6) is 0 Å². The van der Waals surface area contributed by atoms with Crippen molar-refractivity contribution < 1.29 is 17.9 Å². The van der Waals surface area contributed by atoms with Gasteiger partial charge in [-0.2, -0.15) is 20.1 Å². The van der Waals surface area contributed by atoms with Crippen LogP contribution < -0.4 is 15.5 Å². The Balaban J connectivity index is 1.82. The van der Waals surface area contributed by atoms with Crippen LogP contribution in [0, 0.1) is 18.6 Å². The van der Waals surface area contributed by atoms with Gasteiger partial charge in [0.15, 0.2) is 5.82 Å². The molecule has 13 heteroatoms. The molecule has 0 amide bonds. The van der Waals surface area contributed by atoms with Crippen molar-refractivity contribution in [2.75, 3.05) is 42.3 Å². The Morgan fingerprint density at radius 3 is 2.64 bits per heavy atom. The van der Waals surface area contributed by atoms with Gasteiger partial charge in [0.1, 0.15) is 29.5 Å². The van der Waals surface area contributed by atoms with Crippen molar-refractivity contribution in [2.24, 2.45) is 0 Å². The fraction of sp³-hybridized carbons (Fsp3) is 0.450. The lowest BCUT2D eigenvalue weighted by atomic mass is 10.1. The molecule has 0 aromatic carbocycles. The molecule has 176 valence electrons. The highest BCUT2D eigenvalue weighted by Crippen LogP contribution is 2.34. The number of ether oxygens (including phenoxy) is 1. The molecular formula is C20H24F3N9O. The fourth-order valence-electron chi connectivity index (χ4n) is 3.70. The van der Waals surface area contributed by atoms with E-state index in [0.29, 0.717) is 31.7 Å². The standard InChI is InChI=1S/C20H24F3N9O/c1-11-7-16(30-29-11)32(15(10-33-2)17-14(23)8-13(22)9-25-17)20-27-18(24)26-19(28-20)31-5-3-12(21)4-6-31/h7-9,12,15H,3-6,10H2,1-2H3,(H,29,30)(H2,24,26,27,28). The number of aromatic amines is 1. The zero-order valence-electron chi connectivity index (χ0n) is 18.2. The Morgan fingerprint density at radius 2 is 2.00 bits per heavy atom. The summed E-state index contributed by atoms with van der Waals surface area (Å²) in [5.74, 6) is -1.05. The highest BCUT2D eigenvalue weighted by atomic mass is 19.1. The largest absolute Gasteiger partial charge is 0.382 e. The van der Waals surface area contributed by atoms with Crippen LogP contribution in [0.25, 0.3) is 0 Å². The van der Waals surface area contributed by atoms with Crippen molar-refractivity contribution in [1.82, 2.24) is 30.1 Å². The van der Waals surface area contributed by atoms with Crippen LogP contribution in [0.3, 0.4) is 0 Å². The Bertz CT molecular complexity index is 1100. The smallest absolute Gasteiger partial charge is 0.238 e. The minimum Gasteiger partial charge on any atom is -0.382 e. The number of alkyl halides is 1. The molecule has 1 saturated heterocycles. The van der Waals surface area contributed by atoms with Gasteiger partial charge in [-0.15, -0.1) is 0 Å². The van der Waals surface area contributed by atoms with Crippen molar-refractivity contribution in [3.05, 3.63) is 41.4 Å². The van der Waals surface area contributed by atoms with Gasteiger partial charge in [0, 0.05) is 38.0 Å². The fourth-order valence-corrected chi connectivity index (χ4v) is 3.70. The second kappa shape index (κ2) is 9.57. The van der Waals surface area contributed by atoms with E-state index in [9.17, 15) is 13.2 Å². The highest BCUT2D eigenvalue weighted by molar-refractivity contribution is 5.58. The quantitative estimate of drug-likeness (QED) is 0.544. The van der Waals surface area contributed by atoms with Crippen LogP contribution in [0.2, 0.25) is 0 Å². The summed E-state index contributed by atoms with van der Waals surface area (Å²) in [5, 5.41) is 7.09. The number of aryl methyl sites for hydroxylation is 1. The molecule has 10 nitrogen and oxygen atoms in total. The molecule has 1 unspecified atom stereocenters. The maximum Gasteiger partial charge on any atom is 0.238 e. The average Bonchev–Trinajstić information content (AvgIpc) is 3.19. The number of nitrogens with one attached hydrogen (secondary N) is 1. The molecule has 4 heterocycles. The number of nitrogens with zero attached hydrogens (tertiary/aromatic N) is 7. The van der Waals surface area contributed by atoms with Gasteiger partial charge in [0.2, 0.25) is 17.8 Å². The normalized spacial score (nSPS) is 15.6. The number of nitrogens with two attached hydrogens (primary N) is 1. The minimum atomic E-state index is -0.912. The zero-order valence-corrected chi connectivity index (χ0v) is 18.2. The average molecular weight is 463 g/mol. The lowest BCUT2D eigenvalue weighted by Crippen LogP contribution is -2.37. The number of H-pyrrole nitrogens is 1. The number of hydrogen-bond acceptors (Lipinski definition) is 9. The number of pyridine rings is 1. The Hall–Kier alpha value is -3.48. The molecular weight excluding hydrogens is 439 g/mol. The molecule has 1 atom stereocenters. The predicted molar refractivity (Wildman–Crippen MR) is 115 cm³/mol. The number of aromatic nitrogens is 6. The molecule has 3 aromatic heterocycles. The molecule has 1 aliphatic rings. The van der Waals surface area contributed by atoms with Crippen LogP contribution in [-0.4, -0.2) is 63.1 Å². The molecule has 0 bridgehead atoms. The van der Waals surface area contributed by atoms with Gasteiger partial charge in [-0.3, -0.25) is 15.0 Å². The number of anilines is 4. The summed E-state index contributed by atoms with van der Waals surface area (Å²) in [4.78, 5) is 20.3. The van der Waals surface area contributed by atoms with Gasteiger partial charge in [-0.05, 0) is 19.8 Å². The first-order chi connectivity index (χ1) is 15.9. The number of methoxy groups -OCH3 is 1. The summed E-state index contributed by atoms with van der Waals surface area (Å²) in [6.07, 6.45) is 0.742. The van der Waals surface area contributed by atoms with Crippen LogP contribution in [-0.2, 0) is 4.74 Å². The third-order valence-corrected chi connectivity index (χ3v) is 5.28. The van der Waals surface area contributed by atoms with Gasteiger partial charge in [-0.25, -0.2) is 13.2 Å². The first kappa shape index (κ1) is 22.7. The van der Waals surface area contributed by atoms with Gasteiger partial charge in [0.25, 0.3) is 0 Å². The van der Waals surface area contributed by atoms with Crippen LogP contribution in [0.15, 0.2) is 18.3 Å². The summed E-state index contributed by atoms with van der Waals surface area (Å²) in [6, 6.07) is 1.54. The molecule has 33 heavy (non-hydrogen) atoms. The Kier molecular flexibility index (Phi) is 6.58. The van der Waals surface area contributed by atoms with E-state index in [1.54, 1.807) is 13.0 Å². The van der Waals surface area contributed by atoms with Crippen LogP contribution >= 0.6 is 0 Å². The van der Waals surface area contributed by atoms with Crippen LogP contribution in [0.4, 0.5) is 36.8 Å².